The number of rotatable bonds is 4. The lowest BCUT2D eigenvalue weighted by Crippen LogP contribution is -2.26. The van der Waals surface area contributed by atoms with Crippen LogP contribution in [0.5, 0.6) is 0 Å². The van der Waals surface area contributed by atoms with Gasteiger partial charge in [-0.2, -0.15) is 0 Å². The summed E-state index contributed by atoms with van der Waals surface area (Å²) in [6.45, 7) is 5.77. The highest BCUT2D eigenvalue weighted by Gasteiger charge is 2.08. The second-order valence-electron chi connectivity index (χ2n) is 4.95. The van der Waals surface area contributed by atoms with Crippen molar-refractivity contribution in [1.29, 1.82) is 0 Å². The second kappa shape index (κ2) is 7.17. The summed E-state index contributed by atoms with van der Waals surface area (Å²) in [7, 11) is 0. The van der Waals surface area contributed by atoms with Crippen molar-refractivity contribution >= 4 is 6.08 Å². The largest absolute Gasteiger partial charge is 0.299 e. The molecule has 1 aromatic carbocycles. The number of nitrogens with zero attached hydrogens (tertiary/aromatic N) is 1. The van der Waals surface area contributed by atoms with Gasteiger partial charge in [-0.15, -0.1) is 0 Å². The summed E-state index contributed by atoms with van der Waals surface area (Å²) >= 11 is 0. The van der Waals surface area contributed by atoms with E-state index >= 15 is 0 Å². The Bertz CT molecular complexity index is 403. The molecule has 1 aliphatic heterocycles. The van der Waals surface area contributed by atoms with Gasteiger partial charge in [0.25, 0.3) is 0 Å². The normalized spacial score (nSPS) is 19.1. The topological polar surface area (TPSA) is 3.24 Å². The first kappa shape index (κ1) is 13.1. The molecule has 0 atom stereocenters. The van der Waals surface area contributed by atoms with Crippen LogP contribution >= 0.6 is 0 Å². The van der Waals surface area contributed by atoms with Crippen molar-refractivity contribution in [3.8, 4) is 0 Å². The lowest BCUT2D eigenvalue weighted by atomic mass is 10.1. The Balaban J connectivity index is 2.04. The third-order valence-electron chi connectivity index (χ3n) is 3.33. The first-order valence-electron chi connectivity index (χ1n) is 7.03. The van der Waals surface area contributed by atoms with Gasteiger partial charge in [-0.3, -0.25) is 4.90 Å². The lowest BCUT2D eigenvalue weighted by Gasteiger charge is -2.20. The van der Waals surface area contributed by atoms with Crippen molar-refractivity contribution in [2.75, 3.05) is 19.6 Å². The first-order chi connectivity index (χ1) is 8.88. The zero-order valence-corrected chi connectivity index (χ0v) is 11.3. The minimum atomic E-state index is 1.09. The minimum absolute atomic E-state index is 1.09. The molecule has 0 spiro atoms. The molecule has 0 aliphatic carbocycles. The van der Waals surface area contributed by atoms with Crippen LogP contribution < -0.4 is 0 Å². The second-order valence-corrected chi connectivity index (χ2v) is 4.95. The van der Waals surface area contributed by atoms with Gasteiger partial charge < -0.3 is 0 Å². The Hall–Kier alpha value is -1.34. The van der Waals surface area contributed by atoms with E-state index in [9.17, 15) is 0 Å². The zero-order chi connectivity index (χ0) is 12.6. The average molecular weight is 241 g/mol. The summed E-state index contributed by atoms with van der Waals surface area (Å²) in [5.41, 5.74) is 2.73. The molecule has 96 valence electrons. The van der Waals surface area contributed by atoms with Crippen LogP contribution in [0.1, 0.15) is 31.7 Å². The van der Waals surface area contributed by atoms with Crippen LogP contribution in [0.25, 0.3) is 6.08 Å². The molecule has 0 saturated carbocycles. The van der Waals surface area contributed by atoms with Gasteiger partial charge in [0.05, 0.1) is 0 Å². The van der Waals surface area contributed by atoms with Crippen LogP contribution in [-0.2, 0) is 0 Å². The quantitative estimate of drug-likeness (QED) is 0.766. The lowest BCUT2D eigenvalue weighted by molar-refractivity contribution is 0.302. The van der Waals surface area contributed by atoms with Crippen molar-refractivity contribution in [3.05, 3.63) is 53.6 Å². The fraction of sp³-hybridized carbons (Fsp3) is 0.412. The van der Waals surface area contributed by atoms with Gasteiger partial charge in [0.2, 0.25) is 0 Å². The molecule has 0 unspecified atom stereocenters. The van der Waals surface area contributed by atoms with Crippen molar-refractivity contribution in [2.24, 2.45) is 0 Å². The SMILES string of the molecule is CCCCN1CCC=C/C(=C/c2ccccc2)C1. The van der Waals surface area contributed by atoms with E-state index in [4.69, 9.17) is 0 Å². The number of hydrogen-bond donors (Lipinski definition) is 0. The summed E-state index contributed by atoms with van der Waals surface area (Å²) in [5.74, 6) is 0. The van der Waals surface area contributed by atoms with E-state index < -0.39 is 0 Å². The van der Waals surface area contributed by atoms with Gasteiger partial charge in [-0.1, -0.05) is 61.9 Å². The summed E-state index contributed by atoms with van der Waals surface area (Å²) in [6.07, 6.45) is 10.7. The molecule has 2 rings (SSSR count). The standard InChI is InChI=1S/C17H23N/c1-2-3-12-18-13-8-7-11-17(15-18)14-16-9-5-4-6-10-16/h4-7,9-11,14H,2-3,8,12-13,15H2,1H3/b17-14-. The molecular formula is C17H23N. The van der Waals surface area contributed by atoms with Crippen molar-refractivity contribution in [3.63, 3.8) is 0 Å². The Kier molecular flexibility index (Phi) is 5.22. The molecule has 1 heteroatoms. The van der Waals surface area contributed by atoms with E-state index in [1.807, 2.05) is 0 Å². The Labute approximate surface area is 111 Å². The highest BCUT2D eigenvalue weighted by Crippen LogP contribution is 2.13. The highest BCUT2D eigenvalue weighted by molar-refractivity contribution is 5.56. The molecule has 0 amide bonds. The molecule has 1 aliphatic rings. The maximum absolute atomic E-state index is 2.57. The third kappa shape index (κ3) is 4.15. The fourth-order valence-corrected chi connectivity index (χ4v) is 2.31. The van der Waals surface area contributed by atoms with Crippen molar-refractivity contribution in [2.45, 2.75) is 26.2 Å². The van der Waals surface area contributed by atoms with E-state index in [-0.39, 0.29) is 0 Å². The molecular weight excluding hydrogens is 218 g/mol. The van der Waals surface area contributed by atoms with Crippen LogP contribution in [0, 0.1) is 0 Å². The van der Waals surface area contributed by atoms with Crippen LogP contribution in [0.2, 0.25) is 0 Å². The molecule has 0 saturated heterocycles. The smallest absolute Gasteiger partial charge is 0.0233 e. The molecule has 0 bridgehead atoms. The summed E-state index contributed by atoms with van der Waals surface area (Å²) < 4.78 is 0. The molecule has 1 nitrogen and oxygen atoms in total. The molecule has 0 aromatic heterocycles. The van der Waals surface area contributed by atoms with Gasteiger partial charge in [-0.25, -0.2) is 0 Å². The molecule has 0 N–H and O–H groups in total. The summed E-state index contributed by atoms with van der Waals surface area (Å²) in [6, 6.07) is 10.6. The van der Waals surface area contributed by atoms with Gasteiger partial charge in [0.15, 0.2) is 0 Å². The van der Waals surface area contributed by atoms with Crippen molar-refractivity contribution in [1.82, 2.24) is 4.90 Å². The Morgan fingerprint density at radius 1 is 1.22 bits per heavy atom. The number of hydrogen-bond acceptors (Lipinski definition) is 1. The van der Waals surface area contributed by atoms with Gasteiger partial charge in [0.1, 0.15) is 0 Å². The number of benzene rings is 1. The first-order valence-corrected chi connectivity index (χ1v) is 7.03. The fourth-order valence-electron chi connectivity index (χ4n) is 2.31. The molecule has 0 fully saturated rings. The number of unbranched alkanes of at least 4 members (excludes halogenated alkanes) is 1. The maximum atomic E-state index is 2.57. The maximum Gasteiger partial charge on any atom is 0.0233 e. The van der Waals surface area contributed by atoms with Gasteiger partial charge >= 0.3 is 0 Å². The minimum Gasteiger partial charge on any atom is -0.299 e. The van der Waals surface area contributed by atoms with Crippen LogP contribution in [0.15, 0.2) is 48.1 Å². The average Bonchev–Trinajstić information content (AvgIpc) is 2.63. The van der Waals surface area contributed by atoms with E-state index in [0.717, 1.165) is 6.54 Å². The van der Waals surface area contributed by atoms with Gasteiger partial charge in [0, 0.05) is 13.1 Å². The molecule has 1 heterocycles. The van der Waals surface area contributed by atoms with Crippen LogP contribution in [0.4, 0.5) is 0 Å². The Morgan fingerprint density at radius 3 is 2.83 bits per heavy atom. The highest BCUT2D eigenvalue weighted by atomic mass is 15.1. The van der Waals surface area contributed by atoms with E-state index in [2.05, 4.69) is 60.4 Å². The Morgan fingerprint density at radius 2 is 2.06 bits per heavy atom. The van der Waals surface area contributed by atoms with Crippen LogP contribution in [0.3, 0.4) is 0 Å². The monoisotopic (exact) mass is 241 g/mol. The zero-order valence-electron chi connectivity index (χ0n) is 11.3. The molecule has 18 heavy (non-hydrogen) atoms. The predicted octanol–water partition coefficient (Wildman–Crippen LogP) is 4.13. The van der Waals surface area contributed by atoms with Crippen molar-refractivity contribution < 1.29 is 0 Å². The molecule has 1 aromatic rings. The van der Waals surface area contributed by atoms with E-state index in [1.165, 1.54) is 43.5 Å². The van der Waals surface area contributed by atoms with E-state index in [1.54, 1.807) is 0 Å². The third-order valence-corrected chi connectivity index (χ3v) is 3.33. The predicted molar refractivity (Wildman–Crippen MR) is 79.5 cm³/mol. The van der Waals surface area contributed by atoms with Crippen LogP contribution in [-0.4, -0.2) is 24.5 Å². The van der Waals surface area contributed by atoms with E-state index in [0.29, 0.717) is 0 Å². The summed E-state index contributed by atoms with van der Waals surface area (Å²) in [4.78, 5) is 2.57. The van der Waals surface area contributed by atoms with Gasteiger partial charge in [-0.05, 0) is 30.5 Å². The summed E-state index contributed by atoms with van der Waals surface area (Å²) in [5, 5.41) is 0. The molecule has 0 radical (unpaired) electrons.